The molecule has 0 radical (unpaired) electrons. The zero-order valence-corrected chi connectivity index (χ0v) is 14.4. The SMILES string of the molecule is O=C(Cn1c(=O)oc2ccccc21)NCc1ccnc(N2CCCC2)c1. The minimum absolute atomic E-state index is 0.0695. The van der Waals surface area contributed by atoms with Crippen LogP contribution < -0.4 is 16.0 Å². The third-order valence-electron chi connectivity index (χ3n) is 4.61. The number of nitrogens with zero attached hydrogens (tertiary/aromatic N) is 3. The van der Waals surface area contributed by atoms with Gasteiger partial charge >= 0.3 is 5.76 Å². The van der Waals surface area contributed by atoms with Crippen LogP contribution in [0.4, 0.5) is 5.82 Å². The van der Waals surface area contributed by atoms with E-state index in [1.54, 1.807) is 24.4 Å². The van der Waals surface area contributed by atoms with E-state index in [0.717, 1.165) is 24.5 Å². The molecule has 1 fully saturated rings. The zero-order chi connectivity index (χ0) is 17.9. The van der Waals surface area contributed by atoms with E-state index in [9.17, 15) is 9.59 Å². The molecule has 0 bridgehead atoms. The molecule has 0 atom stereocenters. The standard InChI is InChI=1S/C19H20N4O3/c24-18(13-23-15-5-1-2-6-16(15)26-19(23)25)21-12-14-7-8-20-17(11-14)22-9-3-4-10-22/h1-2,5-8,11H,3-4,9-10,12-13H2,(H,21,24). The highest BCUT2D eigenvalue weighted by molar-refractivity contribution is 5.79. The molecule has 0 aliphatic carbocycles. The maximum atomic E-state index is 12.3. The molecule has 0 unspecified atom stereocenters. The molecular weight excluding hydrogens is 332 g/mol. The lowest BCUT2D eigenvalue weighted by Crippen LogP contribution is -2.30. The minimum atomic E-state index is -0.526. The van der Waals surface area contributed by atoms with Crippen LogP contribution >= 0.6 is 0 Å². The van der Waals surface area contributed by atoms with Crippen LogP contribution in [-0.2, 0) is 17.9 Å². The summed E-state index contributed by atoms with van der Waals surface area (Å²) in [4.78, 5) is 30.9. The van der Waals surface area contributed by atoms with Crippen molar-refractivity contribution < 1.29 is 9.21 Å². The van der Waals surface area contributed by atoms with Crippen molar-refractivity contribution in [2.24, 2.45) is 0 Å². The van der Waals surface area contributed by atoms with Crippen molar-refractivity contribution in [1.29, 1.82) is 0 Å². The van der Waals surface area contributed by atoms with Gasteiger partial charge < -0.3 is 14.6 Å². The van der Waals surface area contributed by atoms with Crippen molar-refractivity contribution in [1.82, 2.24) is 14.9 Å². The molecule has 1 aliphatic heterocycles. The quantitative estimate of drug-likeness (QED) is 0.759. The monoisotopic (exact) mass is 352 g/mol. The fourth-order valence-corrected chi connectivity index (χ4v) is 3.25. The number of hydrogen-bond acceptors (Lipinski definition) is 5. The summed E-state index contributed by atoms with van der Waals surface area (Å²) in [6.45, 7) is 2.38. The number of para-hydroxylation sites is 2. The van der Waals surface area contributed by atoms with Crippen molar-refractivity contribution in [3.05, 3.63) is 58.7 Å². The van der Waals surface area contributed by atoms with Gasteiger partial charge in [0.15, 0.2) is 5.58 Å². The molecular formula is C19H20N4O3. The first-order valence-corrected chi connectivity index (χ1v) is 8.76. The number of amides is 1. The Balaban J connectivity index is 1.42. The van der Waals surface area contributed by atoms with Gasteiger partial charge in [0.25, 0.3) is 0 Å². The Hall–Kier alpha value is -3.09. The molecule has 2 aromatic heterocycles. The highest BCUT2D eigenvalue weighted by Crippen LogP contribution is 2.18. The second-order valence-corrected chi connectivity index (χ2v) is 6.42. The summed E-state index contributed by atoms with van der Waals surface area (Å²) in [5, 5.41) is 2.86. The van der Waals surface area contributed by atoms with Gasteiger partial charge in [-0.15, -0.1) is 0 Å². The molecule has 1 aliphatic rings. The highest BCUT2D eigenvalue weighted by Gasteiger charge is 2.14. The van der Waals surface area contributed by atoms with Gasteiger partial charge in [-0.25, -0.2) is 9.78 Å². The summed E-state index contributed by atoms with van der Waals surface area (Å²) >= 11 is 0. The first kappa shape index (κ1) is 16.4. The summed E-state index contributed by atoms with van der Waals surface area (Å²) in [7, 11) is 0. The number of carbonyl (C=O) groups excluding carboxylic acids is 1. The van der Waals surface area contributed by atoms with E-state index >= 15 is 0 Å². The summed E-state index contributed by atoms with van der Waals surface area (Å²) in [6.07, 6.45) is 4.15. The van der Waals surface area contributed by atoms with Gasteiger partial charge in [-0.05, 0) is 42.7 Å². The van der Waals surface area contributed by atoms with Crippen LogP contribution in [0.15, 0.2) is 51.8 Å². The maximum absolute atomic E-state index is 12.3. The van der Waals surface area contributed by atoms with E-state index in [-0.39, 0.29) is 12.5 Å². The number of oxazole rings is 1. The maximum Gasteiger partial charge on any atom is 0.420 e. The molecule has 1 aromatic carbocycles. The molecule has 134 valence electrons. The smallest absolute Gasteiger partial charge is 0.408 e. The summed E-state index contributed by atoms with van der Waals surface area (Å²) in [6, 6.07) is 11.0. The summed E-state index contributed by atoms with van der Waals surface area (Å²) in [5.41, 5.74) is 2.09. The van der Waals surface area contributed by atoms with Gasteiger partial charge in [0.1, 0.15) is 12.4 Å². The molecule has 1 amide bonds. The average molecular weight is 352 g/mol. The van der Waals surface area contributed by atoms with Crippen molar-refractivity contribution >= 4 is 22.8 Å². The van der Waals surface area contributed by atoms with E-state index in [0.29, 0.717) is 17.6 Å². The Labute approximate surface area is 150 Å². The van der Waals surface area contributed by atoms with Gasteiger partial charge in [-0.2, -0.15) is 0 Å². The van der Waals surface area contributed by atoms with E-state index in [1.165, 1.54) is 17.4 Å². The number of aromatic nitrogens is 2. The van der Waals surface area contributed by atoms with E-state index in [1.807, 2.05) is 18.2 Å². The van der Waals surface area contributed by atoms with Crippen LogP contribution in [0.2, 0.25) is 0 Å². The van der Waals surface area contributed by atoms with Gasteiger partial charge in [-0.3, -0.25) is 9.36 Å². The second kappa shape index (κ2) is 7.03. The Morgan fingerprint density at radius 3 is 2.85 bits per heavy atom. The van der Waals surface area contributed by atoms with Crippen molar-refractivity contribution in [2.75, 3.05) is 18.0 Å². The molecule has 7 heteroatoms. The van der Waals surface area contributed by atoms with Gasteiger partial charge in [0.2, 0.25) is 5.91 Å². The number of fused-ring (bicyclic) bond motifs is 1. The van der Waals surface area contributed by atoms with Crippen molar-refractivity contribution in [3.8, 4) is 0 Å². The number of benzene rings is 1. The molecule has 0 spiro atoms. The van der Waals surface area contributed by atoms with Crippen molar-refractivity contribution in [2.45, 2.75) is 25.9 Å². The van der Waals surface area contributed by atoms with Gasteiger partial charge in [0, 0.05) is 25.8 Å². The number of rotatable bonds is 5. The number of hydrogen-bond donors (Lipinski definition) is 1. The molecule has 1 saturated heterocycles. The Morgan fingerprint density at radius 1 is 1.19 bits per heavy atom. The molecule has 3 heterocycles. The predicted molar refractivity (Wildman–Crippen MR) is 98.0 cm³/mol. The Morgan fingerprint density at radius 2 is 2.00 bits per heavy atom. The first-order valence-electron chi connectivity index (χ1n) is 8.76. The third-order valence-corrected chi connectivity index (χ3v) is 4.61. The van der Waals surface area contributed by atoms with Crippen molar-refractivity contribution in [3.63, 3.8) is 0 Å². The largest absolute Gasteiger partial charge is 0.420 e. The summed E-state index contributed by atoms with van der Waals surface area (Å²) < 4.78 is 6.49. The van der Waals surface area contributed by atoms with Crippen LogP contribution in [0.1, 0.15) is 18.4 Å². The van der Waals surface area contributed by atoms with E-state index in [4.69, 9.17) is 4.42 Å². The van der Waals surface area contributed by atoms with Crippen LogP contribution in [0, 0.1) is 0 Å². The Kier molecular flexibility index (Phi) is 4.43. The fraction of sp³-hybridized carbons (Fsp3) is 0.316. The average Bonchev–Trinajstić information content (AvgIpc) is 3.29. The lowest BCUT2D eigenvalue weighted by molar-refractivity contribution is -0.121. The van der Waals surface area contributed by atoms with Crippen LogP contribution in [0.5, 0.6) is 0 Å². The number of nitrogens with one attached hydrogen (secondary N) is 1. The predicted octanol–water partition coefficient (Wildman–Crippen LogP) is 1.91. The fourth-order valence-electron chi connectivity index (χ4n) is 3.25. The lowest BCUT2D eigenvalue weighted by atomic mass is 10.2. The molecule has 1 N–H and O–H groups in total. The number of carbonyl (C=O) groups is 1. The van der Waals surface area contributed by atoms with Gasteiger partial charge in [0.05, 0.1) is 5.52 Å². The first-order chi connectivity index (χ1) is 12.7. The highest BCUT2D eigenvalue weighted by atomic mass is 16.4. The molecule has 26 heavy (non-hydrogen) atoms. The number of anilines is 1. The number of pyridine rings is 1. The molecule has 4 rings (SSSR count). The topological polar surface area (TPSA) is 80.4 Å². The lowest BCUT2D eigenvalue weighted by Gasteiger charge is -2.17. The minimum Gasteiger partial charge on any atom is -0.408 e. The van der Waals surface area contributed by atoms with E-state index in [2.05, 4.69) is 15.2 Å². The zero-order valence-electron chi connectivity index (χ0n) is 14.4. The summed E-state index contributed by atoms with van der Waals surface area (Å²) in [5.74, 6) is 0.186. The molecule has 7 nitrogen and oxygen atoms in total. The Bertz CT molecular complexity index is 986. The molecule has 0 saturated carbocycles. The van der Waals surface area contributed by atoms with Crippen LogP contribution in [0.25, 0.3) is 11.1 Å². The van der Waals surface area contributed by atoms with Crippen LogP contribution in [0.3, 0.4) is 0 Å². The van der Waals surface area contributed by atoms with E-state index < -0.39 is 5.76 Å². The van der Waals surface area contributed by atoms with Gasteiger partial charge in [-0.1, -0.05) is 12.1 Å². The third kappa shape index (κ3) is 3.33. The normalized spacial score (nSPS) is 14.1. The second-order valence-electron chi connectivity index (χ2n) is 6.42. The molecule has 3 aromatic rings. The van der Waals surface area contributed by atoms with Crippen LogP contribution in [-0.4, -0.2) is 28.5 Å².